The van der Waals surface area contributed by atoms with Gasteiger partial charge < -0.3 is 0 Å². The van der Waals surface area contributed by atoms with Gasteiger partial charge in [0.05, 0.1) is 0 Å². The summed E-state index contributed by atoms with van der Waals surface area (Å²) in [4.78, 5) is 3.00. The quantitative estimate of drug-likeness (QED) is 0.246. The molecule has 4 aromatic rings. The molecule has 0 N–H and O–H groups in total. The molecule has 0 atom stereocenters. The van der Waals surface area contributed by atoms with Crippen LogP contribution in [-0.2, 0) is 15.3 Å². The third-order valence-corrected chi connectivity index (χ3v) is 9.01. The number of halogens is 1. The fraction of sp³-hybridized carbons (Fsp3) is 0.222. The van der Waals surface area contributed by atoms with Crippen molar-refractivity contribution in [2.24, 2.45) is 0 Å². The Morgan fingerprint density at radius 2 is 1.62 bits per heavy atom. The first-order chi connectivity index (χ1) is 15.4. The number of anilines is 1. The number of rotatable bonds is 5. The fourth-order valence-corrected chi connectivity index (χ4v) is 7.38. The molecule has 0 saturated heterocycles. The van der Waals surface area contributed by atoms with Gasteiger partial charge in [-0.2, -0.15) is 0 Å². The van der Waals surface area contributed by atoms with E-state index in [2.05, 4.69) is 122 Å². The third kappa shape index (κ3) is 4.55. The van der Waals surface area contributed by atoms with Gasteiger partial charge in [0.1, 0.15) is 0 Å². The van der Waals surface area contributed by atoms with Crippen LogP contribution in [0, 0.1) is 24.7 Å². The molecule has 0 spiro atoms. The van der Waals surface area contributed by atoms with E-state index in [0.29, 0.717) is 0 Å². The molecule has 172 valence electrons. The summed E-state index contributed by atoms with van der Waals surface area (Å²) in [7, 11) is 11.4. The molecule has 0 bridgehead atoms. The van der Waals surface area contributed by atoms with Crippen molar-refractivity contribution in [3.05, 3.63) is 99.1 Å². The second-order valence-corrected chi connectivity index (χ2v) is 12.5. The van der Waals surface area contributed by atoms with Crippen molar-refractivity contribution < 1.29 is 15.3 Å². The molecule has 32 heavy (non-hydrogen) atoms. The monoisotopic (exact) mass is 537 g/mol. The molecular weight excluding hydrogens is 508 g/mol. The average Bonchev–Trinajstić information content (AvgIpc) is 3.12. The summed E-state index contributed by atoms with van der Waals surface area (Å²) in [6.07, 6.45) is 6.64. The first-order valence-electron chi connectivity index (χ1n) is 10.6. The number of fused-ring (bicyclic) bond motifs is 1. The zero-order valence-electron chi connectivity index (χ0n) is 19.2. The molecule has 2 aromatic carbocycles. The van der Waals surface area contributed by atoms with Crippen molar-refractivity contribution in [1.29, 1.82) is 0 Å². The van der Waals surface area contributed by atoms with Crippen molar-refractivity contribution in [2.75, 3.05) is 19.0 Å². The molecule has 0 fully saturated rings. The summed E-state index contributed by atoms with van der Waals surface area (Å²) in [5.41, 5.74) is 7.42. The predicted octanol–water partition coefficient (Wildman–Crippen LogP) is 7.16. The van der Waals surface area contributed by atoms with Crippen molar-refractivity contribution in [3.63, 3.8) is 0 Å². The van der Waals surface area contributed by atoms with Crippen molar-refractivity contribution in [3.8, 4) is 5.69 Å². The van der Waals surface area contributed by atoms with Gasteiger partial charge in [0.15, 0.2) is 0 Å². The Balaban J connectivity index is 1.98. The van der Waals surface area contributed by atoms with Gasteiger partial charge in [-0.15, -0.1) is 0 Å². The van der Waals surface area contributed by atoms with E-state index in [1.807, 2.05) is 6.07 Å². The van der Waals surface area contributed by atoms with Gasteiger partial charge >= 0.3 is 201 Å². The Hall–Kier alpha value is -2.38. The van der Waals surface area contributed by atoms with Gasteiger partial charge in [0, 0.05) is 0 Å². The number of hydrogen-bond acceptors (Lipinski definition) is 1. The molecule has 4 rings (SSSR count). The Morgan fingerprint density at radius 3 is 2.28 bits per heavy atom. The molecular formula is C27H30ClN3Pd-2. The van der Waals surface area contributed by atoms with Crippen molar-refractivity contribution >= 4 is 26.9 Å². The fourth-order valence-electron chi connectivity index (χ4n) is 4.16. The summed E-state index contributed by atoms with van der Waals surface area (Å²) >= 11 is -1.59. The van der Waals surface area contributed by atoms with Crippen LogP contribution in [0.2, 0.25) is 4.89 Å². The zero-order valence-corrected chi connectivity index (χ0v) is 21.6. The van der Waals surface area contributed by atoms with Gasteiger partial charge in [-0.1, -0.05) is 0 Å². The third-order valence-electron chi connectivity index (χ3n) is 5.40. The normalized spacial score (nSPS) is 13.7. The molecule has 0 unspecified atom stereocenters. The van der Waals surface area contributed by atoms with Crippen LogP contribution >= 0.6 is 9.53 Å². The molecule has 0 radical (unpaired) electrons. The van der Waals surface area contributed by atoms with E-state index in [-0.39, 0.29) is 0 Å². The van der Waals surface area contributed by atoms with E-state index in [0.717, 1.165) is 16.2 Å². The first kappa shape index (κ1) is 22.8. The standard InChI is InChI=1S/C18H21N3.C9H9.ClH.Pd/c1-13-9-14(2)18(15(3)10-13)20-11-16-7-6-8-17(19(4)5)21(16)12-20;1-2-6-9-7-4-3-5-8-9;;/h6-11H,1-5H3;2-8H,1H2;1H;/q;;;-1/p-1. The minimum atomic E-state index is -1.59. The first-order valence-corrected chi connectivity index (χ1v) is 14.5. The minimum absolute atomic E-state index is 0.847. The maximum atomic E-state index is 7.27. The second kappa shape index (κ2) is 9.63. The van der Waals surface area contributed by atoms with E-state index in [9.17, 15) is 0 Å². The number of allylic oxidation sites excluding steroid dienone is 1. The van der Waals surface area contributed by atoms with Gasteiger partial charge in [-0.3, -0.25) is 0 Å². The Kier molecular flexibility index (Phi) is 6.86. The zero-order chi connectivity index (χ0) is 22.8. The Labute approximate surface area is 200 Å². The summed E-state index contributed by atoms with van der Waals surface area (Å²) in [5, 5.41) is 0. The van der Waals surface area contributed by atoms with Crippen LogP contribution in [0.3, 0.4) is 0 Å². The van der Waals surface area contributed by atoms with Crippen LogP contribution < -0.4 is 4.90 Å². The topological polar surface area (TPSA) is 12.6 Å². The van der Waals surface area contributed by atoms with Gasteiger partial charge in [-0.05, 0) is 0 Å². The van der Waals surface area contributed by atoms with E-state index in [4.69, 9.17) is 9.53 Å². The number of benzene rings is 2. The van der Waals surface area contributed by atoms with Crippen LogP contribution in [0.4, 0.5) is 5.82 Å². The molecule has 5 heteroatoms. The summed E-state index contributed by atoms with van der Waals surface area (Å²) in [5.74, 6) is 1.14. The average molecular weight is 538 g/mol. The molecule has 0 aliphatic heterocycles. The molecule has 2 aromatic heterocycles. The molecule has 0 amide bonds. The maximum absolute atomic E-state index is 7.27. The Morgan fingerprint density at radius 1 is 0.938 bits per heavy atom. The van der Waals surface area contributed by atoms with E-state index in [1.54, 1.807) is 0 Å². The van der Waals surface area contributed by atoms with E-state index in [1.165, 1.54) is 31.8 Å². The van der Waals surface area contributed by atoms with E-state index >= 15 is 0 Å². The molecule has 2 heterocycles. The molecule has 0 aliphatic carbocycles. The number of nitrogens with zero attached hydrogens (tertiary/aromatic N) is 3. The number of aromatic nitrogens is 2. The molecule has 3 nitrogen and oxygen atoms in total. The van der Waals surface area contributed by atoms with Crippen LogP contribution in [0.5, 0.6) is 0 Å². The van der Waals surface area contributed by atoms with Crippen LogP contribution in [-0.4, -0.2) is 23.1 Å². The number of hydrogen-bond donors (Lipinski definition) is 0. The van der Waals surface area contributed by atoms with Crippen molar-refractivity contribution in [2.45, 2.75) is 25.7 Å². The van der Waals surface area contributed by atoms with Crippen LogP contribution in [0.15, 0.2) is 72.9 Å². The second-order valence-electron chi connectivity index (χ2n) is 8.22. The SMILES string of the molecule is Cc1cc(C)c(-n2cc3cccc(N(C)C)n3[c]2=[Pd-2]([Cl])[CH2]C=Cc2ccccc2)c(C)c1. The predicted molar refractivity (Wildman–Crippen MR) is 135 cm³/mol. The van der Waals surface area contributed by atoms with Gasteiger partial charge in [0.2, 0.25) is 0 Å². The molecule has 0 aliphatic rings. The van der Waals surface area contributed by atoms with E-state index < -0.39 is 15.3 Å². The summed E-state index contributed by atoms with van der Waals surface area (Å²) in [6, 6.07) is 21.4. The molecule has 0 saturated carbocycles. The van der Waals surface area contributed by atoms with Gasteiger partial charge in [-0.25, -0.2) is 0 Å². The van der Waals surface area contributed by atoms with Crippen LogP contribution in [0.25, 0.3) is 17.3 Å². The van der Waals surface area contributed by atoms with Crippen molar-refractivity contribution in [1.82, 2.24) is 8.97 Å². The Bertz CT molecular complexity index is 1340. The number of imidazole rings is 1. The van der Waals surface area contributed by atoms with Gasteiger partial charge in [0.25, 0.3) is 0 Å². The number of aryl methyl sites for hydroxylation is 3. The summed E-state index contributed by atoms with van der Waals surface area (Å²) < 4.78 is 5.87. The number of pyridine rings is 1. The van der Waals surface area contributed by atoms with Crippen LogP contribution in [0.1, 0.15) is 22.3 Å². The summed E-state index contributed by atoms with van der Waals surface area (Å²) in [6.45, 7) is 6.54.